The van der Waals surface area contributed by atoms with Gasteiger partial charge in [-0.3, -0.25) is 4.79 Å². The topological polar surface area (TPSA) is 89.9 Å². The third-order valence-electron chi connectivity index (χ3n) is 3.07. The number of aliphatic hydroxyl groups excluding tert-OH is 1. The van der Waals surface area contributed by atoms with E-state index >= 15 is 0 Å². The molecule has 0 unspecified atom stereocenters. The number of nitrogens with one attached hydrogen (secondary N) is 1. The summed E-state index contributed by atoms with van der Waals surface area (Å²) in [7, 11) is 1.56. The first kappa shape index (κ1) is 16.0. The number of rotatable bonds is 6. The molecule has 0 heterocycles. The number of hydrogen-bond acceptors (Lipinski definition) is 3. The Kier molecular flexibility index (Phi) is 5.99. The number of nitrogens with zero attached hydrogens (tertiary/aromatic N) is 1. The highest BCUT2D eigenvalue weighted by Gasteiger charge is 2.23. The van der Waals surface area contributed by atoms with Gasteiger partial charge in [-0.1, -0.05) is 30.3 Å². The molecule has 0 fully saturated rings. The molecule has 1 rings (SSSR count). The number of carbonyl (C=O) groups is 2. The molecule has 3 N–H and O–H groups in total. The van der Waals surface area contributed by atoms with Crippen molar-refractivity contribution in [2.24, 2.45) is 0 Å². The van der Waals surface area contributed by atoms with Crippen LogP contribution in [0.2, 0.25) is 0 Å². The molecule has 0 aromatic heterocycles. The minimum absolute atomic E-state index is 0.0765. The molecular weight excluding hydrogens is 260 g/mol. The Morgan fingerprint density at radius 1 is 1.30 bits per heavy atom. The van der Waals surface area contributed by atoms with Crippen molar-refractivity contribution >= 4 is 12.0 Å². The largest absolute Gasteiger partial charge is 0.465 e. The molecule has 20 heavy (non-hydrogen) atoms. The van der Waals surface area contributed by atoms with Crippen LogP contribution in [0, 0.1) is 0 Å². The van der Waals surface area contributed by atoms with Crippen molar-refractivity contribution < 1.29 is 19.8 Å². The van der Waals surface area contributed by atoms with Crippen LogP contribution in [-0.4, -0.2) is 52.9 Å². The fourth-order valence-corrected chi connectivity index (χ4v) is 1.85. The van der Waals surface area contributed by atoms with E-state index in [0.29, 0.717) is 6.42 Å². The standard InChI is InChI=1S/C14H20N2O4/c1-10(17)16(2)9-13(18)12(15-14(19)20)8-11-6-4-3-5-7-11/h3-7,12-13,15,18H,8-9H2,1-2H3,(H,19,20)/t12-,13+/m1/s1. The monoisotopic (exact) mass is 280 g/mol. The van der Waals surface area contributed by atoms with Crippen molar-refractivity contribution in [3.8, 4) is 0 Å². The molecule has 0 spiro atoms. The van der Waals surface area contributed by atoms with Gasteiger partial charge < -0.3 is 20.4 Å². The average molecular weight is 280 g/mol. The minimum atomic E-state index is -1.20. The molecule has 0 saturated carbocycles. The van der Waals surface area contributed by atoms with Crippen LogP contribution >= 0.6 is 0 Å². The van der Waals surface area contributed by atoms with E-state index in [2.05, 4.69) is 5.32 Å². The Hall–Kier alpha value is -2.08. The van der Waals surface area contributed by atoms with Gasteiger partial charge in [-0.05, 0) is 12.0 Å². The van der Waals surface area contributed by atoms with Gasteiger partial charge in [0.25, 0.3) is 0 Å². The molecule has 0 aliphatic carbocycles. The lowest BCUT2D eigenvalue weighted by Crippen LogP contribution is -2.49. The maximum atomic E-state index is 11.2. The van der Waals surface area contributed by atoms with Crippen LogP contribution < -0.4 is 5.32 Å². The molecular formula is C14H20N2O4. The third kappa shape index (κ3) is 5.27. The van der Waals surface area contributed by atoms with Crippen LogP contribution in [0.15, 0.2) is 30.3 Å². The molecule has 2 atom stereocenters. The summed E-state index contributed by atoms with van der Waals surface area (Å²) in [4.78, 5) is 23.3. The summed E-state index contributed by atoms with van der Waals surface area (Å²) in [5.74, 6) is -0.183. The maximum Gasteiger partial charge on any atom is 0.404 e. The van der Waals surface area contributed by atoms with Gasteiger partial charge in [-0.25, -0.2) is 4.79 Å². The fraction of sp³-hybridized carbons (Fsp3) is 0.429. The van der Waals surface area contributed by atoms with Gasteiger partial charge in [0.05, 0.1) is 12.1 Å². The van der Waals surface area contributed by atoms with E-state index in [-0.39, 0.29) is 12.5 Å². The highest BCUT2D eigenvalue weighted by atomic mass is 16.4. The highest BCUT2D eigenvalue weighted by Crippen LogP contribution is 2.07. The average Bonchev–Trinajstić information content (AvgIpc) is 2.38. The zero-order chi connectivity index (χ0) is 15.1. The zero-order valence-electron chi connectivity index (χ0n) is 11.6. The van der Waals surface area contributed by atoms with E-state index < -0.39 is 18.2 Å². The summed E-state index contributed by atoms with van der Waals surface area (Å²) >= 11 is 0. The summed E-state index contributed by atoms with van der Waals surface area (Å²) in [6.07, 6.45) is -1.81. The van der Waals surface area contributed by atoms with Crippen LogP contribution in [0.1, 0.15) is 12.5 Å². The van der Waals surface area contributed by atoms with E-state index in [1.165, 1.54) is 11.8 Å². The smallest absolute Gasteiger partial charge is 0.404 e. The molecule has 0 bridgehead atoms. The van der Waals surface area contributed by atoms with E-state index in [4.69, 9.17) is 5.11 Å². The second-order valence-electron chi connectivity index (χ2n) is 4.71. The van der Waals surface area contributed by atoms with E-state index in [9.17, 15) is 14.7 Å². The Labute approximate surface area is 118 Å². The molecule has 110 valence electrons. The molecule has 2 amide bonds. The number of amides is 2. The Morgan fingerprint density at radius 3 is 2.40 bits per heavy atom. The Balaban J connectivity index is 2.72. The van der Waals surface area contributed by atoms with Crippen LogP contribution in [0.25, 0.3) is 0 Å². The second-order valence-corrected chi connectivity index (χ2v) is 4.71. The second kappa shape index (κ2) is 7.49. The van der Waals surface area contributed by atoms with Crippen LogP contribution in [0.5, 0.6) is 0 Å². The van der Waals surface area contributed by atoms with E-state index in [1.807, 2.05) is 30.3 Å². The van der Waals surface area contributed by atoms with Crippen LogP contribution in [0.4, 0.5) is 4.79 Å². The van der Waals surface area contributed by atoms with Gasteiger partial charge in [0.1, 0.15) is 0 Å². The number of hydrogen-bond donors (Lipinski definition) is 3. The Morgan fingerprint density at radius 2 is 1.90 bits per heavy atom. The zero-order valence-corrected chi connectivity index (χ0v) is 11.6. The van der Waals surface area contributed by atoms with Gasteiger partial charge in [0, 0.05) is 20.5 Å². The number of carbonyl (C=O) groups excluding carboxylic acids is 1. The van der Waals surface area contributed by atoms with E-state index in [0.717, 1.165) is 5.56 Å². The summed E-state index contributed by atoms with van der Waals surface area (Å²) in [6.45, 7) is 1.47. The predicted octanol–water partition coefficient (Wildman–Crippen LogP) is 0.704. The first-order valence-corrected chi connectivity index (χ1v) is 6.33. The molecule has 0 aliphatic rings. The Bertz CT molecular complexity index is 450. The molecule has 1 aromatic rings. The lowest BCUT2D eigenvalue weighted by atomic mass is 10.0. The predicted molar refractivity (Wildman–Crippen MR) is 74.4 cm³/mol. The van der Waals surface area contributed by atoms with Crippen LogP contribution in [0.3, 0.4) is 0 Å². The number of carboxylic acid groups (broad SMARTS) is 1. The van der Waals surface area contributed by atoms with Crippen molar-refractivity contribution in [3.05, 3.63) is 35.9 Å². The number of likely N-dealkylation sites (N-methyl/N-ethyl adjacent to an activating group) is 1. The first-order valence-electron chi connectivity index (χ1n) is 6.33. The van der Waals surface area contributed by atoms with Crippen LogP contribution in [-0.2, 0) is 11.2 Å². The van der Waals surface area contributed by atoms with Crippen molar-refractivity contribution in [1.82, 2.24) is 10.2 Å². The molecule has 0 radical (unpaired) electrons. The quantitative estimate of drug-likeness (QED) is 0.715. The third-order valence-corrected chi connectivity index (χ3v) is 3.07. The molecule has 1 aromatic carbocycles. The van der Waals surface area contributed by atoms with Crippen molar-refractivity contribution in [3.63, 3.8) is 0 Å². The van der Waals surface area contributed by atoms with Crippen molar-refractivity contribution in [2.45, 2.75) is 25.5 Å². The summed E-state index contributed by atoms with van der Waals surface area (Å²) < 4.78 is 0. The van der Waals surface area contributed by atoms with Crippen molar-refractivity contribution in [2.75, 3.05) is 13.6 Å². The molecule has 6 nitrogen and oxygen atoms in total. The highest BCUT2D eigenvalue weighted by molar-refractivity contribution is 5.72. The van der Waals surface area contributed by atoms with Gasteiger partial charge in [-0.15, -0.1) is 0 Å². The van der Waals surface area contributed by atoms with E-state index in [1.54, 1.807) is 7.05 Å². The molecule has 0 saturated heterocycles. The summed E-state index contributed by atoms with van der Waals surface area (Å²) in [5.41, 5.74) is 0.913. The number of aliphatic hydroxyl groups is 1. The lowest BCUT2D eigenvalue weighted by molar-refractivity contribution is -0.129. The van der Waals surface area contributed by atoms with Crippen molar-refractivity contribution in [1.29, 1.82) is 0 Å². The van der Waals surface area contributed by atoms with Gasteiger partial charge in [-0.2, -0.15) is 0 Å². The lowest BCUT2D eigenvalue weighted by Gasteiger charge is -2.26. The summed E-state index contributed by atoms with van der Waals surface area (Å²) in [6, 6.07) is 8.61. The SMILES string of the molecule is CC(=O)N(C)C[C@H](O)[C@@H](Cc1ccccc1)NC(=O)O. The van der Waals surface area contributed by atoms with Gasteiger partial charge in [0.2, 0.25) is 5.91 Å². The molecule has 6 heteroatoms. The fourth-order valence-electron chi connectivity index (χ4n) is 1.85. The minimum Gasteiger partial charge on any atom is -0.465 e. The first-order chi connectivity index (χ1) is 9.40. The maximum absolute atomic E-state index is 11.2. The number of benzene rings is 1. The van der Waals surface area contributed by atoms with Gasteiger partial charge in [0.15, 0.2) is 0 Å². The van der Waals surface area contributed by atoms with Gasteiger partial charge >= 0.3 is 6.09 Å². The molecule has 0 aliphatic heterocycles. The normalized spacial score (nSPS) is 13.3. The summed E-state index contributed by atoms with van der Waals surface area (Å²) in [5, 5.41) is 21.3.